The summed E-state index contributed by atoms with van der Waals surface area (Å²) >= 11 is 0. The van der Waals surface area contributed by atoms with Gasteiger partial charge in [0.2, 0.25) is 0 Å². The molecular weight excluding hydrogens is 224 g/mol. The molecule has 1 atom stereocenters. The van der Waals surface area contributed by atoms with E-state index in [1.807, 2.05) is 55.5 Å². The molecule has 0 amide bonds. The third-order valence-corrected chi connectivity index (χ3v) is 3.15. The van der Waals surface area contributed by atoms with E-state index in [-0.39, 0.29) is 0 Å². The molecule has 94 valence electrons. The van der Waals surface area contributed by atoms with Gasteiger partial charge in [-0.25, -0.2) is 0 Å². The van der Waals surface area contributed by atoms with Crippen molar-refractivity contribution in [3.63, 3.8) is 0 Å². The molecule has 2 heteroatoms. The van der Waals surface area contributed by atoms with E-state index in [9.17, 15) is 5.11 Å². The van der Waals surface area contributed by atoms with Gasteiger partial charge < -0.3 is 9.84 Å². The van der Waals surface area contributed by atoms with Gasteiger partial charge in [-0.15, -0.1) is 0 Å². The van der Waals surface area contributed by atoms with Crippen molar-refractivity contribution in [2.24, 2.45) is 0 Å². The first-order valence-corrected chi connectivity index (χ1v) is 6.07. The second kappa shape index (κ2) is 5.69. The van der Waals surface area contributed by atoms with Gasteiger partial charge in [-0.1, -0.05) is 36.4 Å². The van der Waals surface area contributed by atoms with Crippen LogP contribution in [0.2, 0.25) is 0 Å². The lowest BCUT2D eigenvalue weighted by Gasteiger charge is -2.13. The molecule has 0 unspecified atom stereocenters. The van der Waals surface area contributed by atoms with Gasteiger partial charge in [0.15, 0.2) is 0 Å². The Morgan fingerprint density at radius 2 is 1.83 bits per heavy atom. The maximum atomic E-state index is 10.2. The average Bonchev–Trinajstić information content (AvgIpc) is 2.42. The number of benzene rings is 2. The maximum Gasteiger partial charge on any atom is 0.119 e. The third-order valence-electron chi connectivity index (χ3n) is 3.15. The highest BCUT2D eigenvalue weighted by atomic mass is 16.5. The largest absolute Gasteiger partial charge is 0.497 e. The highest BCUT2D eigenvalue weighted by molar-refractivity contribution is 5.35. The maximum absolute atomic E-state index is 10.2. The lowest BCUT2D eigenvalue weighted by molar-refractivity contribution is 0.178. The molecule has 0 radical (unpaired) electrons. The lowest BCUT2D eigenvalue weighted by Crippen LogP contribution is -2.03. The molecule has 0 aliphatic carbocycles. The average molecular weight is 242 g/mol. The van der Waals surface area contributed by atoms with Crippen LogP contribution in [0.4, 0.5) is 0 Å². The van der Waals surface area contributed by atoms with Crippen molar-refractivity contribution < 1.29 is 9.84 Å². The standard InChI is InChI=1S/C16H18O2/c1-12-10-15(18-2)9-8-14(12)11-16(17)13-6-4-3-5-7-13/h3-10,16-17H,11H2,1-2H3/t16-/m1/s1. The molecule has 0 fully saturated rings. The second-order valence-corrected chi connectivity index (χ2v) is 4.42. The molecule has 0 saturated heterocycles. The Morgan fingerprint density at radius 1 is 1.11 bits per heavy atom. The predicted octanol–water partition coefficient (Wildman–Crippen LogP) is 3.28. The van der Waals surface area contributed by atoms with Crippen LogP contribution in [0.3, 0.4) is 0 Å². The van der Waals surface area contributed by atoms with Crippen molar-refractivity contribution in [2.75, 3.05) is 7.11 Å². The zero-order valence-corrected chi connectivity index (χ0v) is 10.8. The molecule has 0 heterocycles. The van der Waals surface area contributed by atoms with Crippen LogP contribution < -0.4 is 4.74 Å². The molecule has 1 N–H and O–H groups in total. The van der Waals surface area contributed by atoms with Gasteiger partial charge in [0.05, 0.1) is 13.2 Å². The summed E-state index contributed by atoms with van der Waals surface area (Å²) in [6, 6.07) is 15.7. The van der Waals surface area contributed by atoms with Gasteiger partial charge in [0.25, 0.3) is 0 Å². The predicted molar refractivity (Wildman–Crippen MR) is 72.8 cm³/mol. The quantitative estimate of drug-likeness (QED) is 0.891. The summed E-state index contributed by atoms with van der Waals surface area (Å²) in [5.74, 6) is 0.852. The van der Waals surface area contributed by atoms with Crippen LogP contribution in [0.5, 0.6) is 5.75 Å². The fourth-order valence-electron chi connectivity index (χ4n) is 2.03. The van der Waals surface area contributed by atoms with Crippen LogP contribution in [-0.4, -0.2) is 12.2 Å². The van der Waals surface area contributed by atoms with Crippen molar-refractivity contribution in [3.8, 4) is 5.75 Å². The molecule has 2 aromatic carbocycles. The third kappa shape index (κ3) is 2.90. The van der Waals surface area contributed by atoms with E-state index < -0.39 is 6.10 Å². The topological polar surface area (TPSA) is 29.5 Å². The van der Waals surface area contributed by atoms with E-state index in [2.05, 4.69) is 0 Å². The second-order valence-electron chi connectivity index (χ2n) is 4.42. The van der Waals surface area contributed by atoms with Crippen LogP contribution >= 0.6 is 0 Å². The molecule has 0 bridgehead atoms. The number of hydrogen-bond acceptors (Lipinski definition) is 2. The molecular formula is C16H18O2. The number of methoxy groups -OCH3 is 1. The molecule has 2 rings (SSSR count). The number of rotatable bonds is 4. The fraction of sp³-hybridized carbons (Fsp3) is 0.250. The molecule has 0 aliphatic heterocycles. The summed E-state index contributed by atoms with van der Waals surface area (Å²) < 4.78 is 5.18. The van der Waals surface area contributed by atoms with E-state index >= 15 is 0 Å². The van der Waals surface area contributed by atoms with Gasteiger partial charge in [-0.3, -0.25) is 0 Å². The Kier molecular flexibility index (Phi) is 4.00. The summed E-state index contributed by atoms with van der Waals surface area (Å²) in [4.78, 5) is 0. The van der Waals surface area contributed by atoms with E-state index in [4.69, 9.17) is 4.74 Å². The van der Waals surface area contributed by atoms with Crippen LogP contribution in [-0.2, 0) is 6.42 Å². The summed E-state index contributed by atoms with van der Waals surface area (Å²) in [5, 5.41) is 10.2. The highest BCUT2D eigenvalue weighted by Gasteiger charge is 2.10. The number of aryl methyl sites for hydroxylation is 1. The van der Waals surface area contributed by atoms with Crippen molar-refractivity contribution in [3.05, 3.63) is 65.2 Å². The number of hydrogen-bond donors (Lipinski definition) is 1. The van der Waals surface area contributed by atoms with E-state index in [0.29, 0.717) is 6.42 Å². The van der Waals surface area contributed by atoms with E-state index in [1.165, 1.54) is 0 Å². The monoisotopic (exact) mass is 242 g/mol. The van der Waals surface area contributed by atoms with Crippen molar-refractivity contribution in [1.82, 2.24) is 0 Å². The van der Waals surface area contributed by atoms with Gasteiger partial charge in [0, 0.05) is 6.42 Å². The number of aliphatic hydroxyl groups is 1. The Balaban J connectivity index is 2.14. The SMILES string of the molecule is COc1ccc(C[C@@H](O)c2ccccc2)c(C)c1. The van der Waals surface area contributed by atoms with Crippen molar-refractivity contribution in [2.45, 2.75) is 19.4 Å². The minimum atomic E-state index is -0.460. The van der Waals surface area contributed by atoms with E-state index in [1.54, 1.807) is 7.11 Å². The summed E-state index contributed by atoms with van der Waals surface area (Å²) in [6.07, 6.45) is 0.165. The lowest BCUT2D eigenvalue weighted by atomic mass is 9.98. The van der Waals surface area contributed by atoms with Crippen LogP contribution in [0, 0.1) is 6.92 Å². The first-order chi connectivity index (χ1) is 8.70. The fourth-order valence-corrected chi connectivity index (χ4v) is 2.03. The Labute approximate surface area is 108 Å². The van der Waals surface area contributed by atoms with Crippen molar-refractivity contribution >= 4 is 0 Å². The Bertz CT molecular complexity index is 506. The van der Waals surface area contributed by atoms with Crippen LogP contribution in [0.15, 0.2) is 48.5 Å². The summed E-state index contributed by atoms with van der Waals surface area (Å²) in [5.41, 5.74) is 3.24. The summed E-state index contributed by atoms with van der Waals surface area (Å²) in [6.45, 7) is 2.04. The smallest absolute Gasteiger partial charge is 0.119 e. The number of ether oxygens (including phenoxy) is 1. The zero-order chi connectivity index (χ0) is 13.0. The van der Waals surface area contributed by atoms with Gasteiger partial charge in [0.1, 0.15) is 5.75 Å². The molecule has 0 aliphatic rings. The molecule has 18 heavy (non-hydrogen) atoms. The Morgan fingerprint density at radius 3 is 2.44 bits per heavy atom. The van der Waals surface area contributed by atoms with Crippen LogP contribution in [0.1, 0.15) is 22.8 Å². The minimum absolute atomic E-state index is 0.460. The van der Waals surface area contributed by atoms with Gasteiger partial charge >= 0.3 is 0 Å². The number of aliphatic hydroxyl groups excluding tert-OH is 1. The molecule has 2 aromatic rings. The first-order valence-electron chi connectivity index (χ1n) is 6.07. The first kappa shape index (κ1) is 12.7. The highest BCUT2D eigenvalue weighted by Crippen LogP contribution is 2.23. The zero-order valence-electron chi connectivity index (χ0n) is 10.8. The molecule has 0 aromatic heterocycles. The summed E-state index contributed by atoms with van der Waals surface area (Å²) in [7, 11) is 1.66. The molecule has 2 nitrogen and oxygen atoms in total. The molecule has 0 saturated carbocycles. The van der Waals surface area contributed by atoms with Crippen molar-refractivity contribution in [1.29, 1.82) is 0 Å². The Hall–Kier alpha value is -1.80. The van der Waals surface area contributed by atoms with Crippen LogP contribution in [0.25, 0.3) is 0 Å². The normalized spacial score (nSPS) is 12.2. The van der Waals surface area contributed by atoms with E-state index in [0.717, 1.165) is 22.4 Å². The minimum Gasteiger partial charge on any atom is -0.497 e. The molecule has 0 spiro atoms. The van der Waals surface area contributed by atoms with Gasteiger partial charge in [-0.2, -0.15) is 0 Å². The van der Waals surface area contributed by atoms with Gasteiger partial charge in [-0.05, 0) is 35.7 Å².